The molecule has 1 N–H and O–H groups in total. The molecule has 2 rings (SSSR count). The Morgan fingerprint density at radius 2 is 2.00 bits per heavy atom. The molecule has 0 aliphatic rings. The maximum atomic E-state index is 13.0. The molecular formula is C15H15FN2O2. The van der Waals surface area contributed by atoms with Gasteiger partial charge in [0.25, 0.3) is 5.69 Å². The van der Waals surface area contributed by atoms with Crippen molar-refractivity contribution in [3.8, 4) is 0 Å². The van der Waals surface area contributed by atoms with Gasteiger partial charge < -0.3 is 5.32 Å². The van der Waals surface area contributed by atoms with Gasteiger partial charge in [-0.2, -0.15) is 0 Å². The number of non-ortho nitro benzene ring substituents is 1. The average Bonchev–Trinajstić information content (AvgIpc) is 2.42. The highest BCUT2D eigenvalue weighted by Gasteiger charge is 2.11. The fourth-order valence-corrected chi connectivity index (χ4v) is 2.01. The monoisotopic (exact) mass is 274 g/mol. The molecule has 0 aliphatic heterocycles. The highest BCUT2D eigenvalue weighted by Crippen LogP contribution is 2.24. The zero-order valence-corrected chi connectivity index (χ0v) is 11.3. The predicted octanol–water partition coefficient (Wildman–Crippen LogP) is 4.22. The third-order valence-electron chi connectivity index (χ3n) is 3.14. The van der Waals surface area contributed by atoms with Crippen molar-refractivity contribution >= 4 is 11.4 Å². The Hall–Kier alpha value is -2.43. The zero-order chi connectivity index (χ0) is 14.7. The first-order valence-electron chi connectivity index (χ1n) is 6.24. The van der Waals surface area contributed by atoms with Crippen molar-refractivity contribution in [2.24, 2.45) is 0 Å². The topological polar surface area (TPSA) is 55.2 Å². The molecule has 0 amide bonds. The van der Waals surface area contributed by atoms with Crippen LogP contribution in [0.1, 0.15) is 24.1 Å². The highest BCUT2D eigenvalue weighted by atomic mass is 19.1. The maximum absolute atomic E-state index is 13.0. The molecule has 0 bridgehead atoms. The first-order chi connectivity index (χ1) is 9.47. The molecule has 0 aliphatic carbocycles. The molecule has 1 atom stereocenters. The second kappa shape index (κ2) is 5.69. The summed E-state index contributed by atoms with van der Waals surface area (Å²) in [6.07, 6.45) is 0. The summed E-state index contributed by atoms with van der Waals surface area (Å²) >= 11 is 0. The number of nitro benzene ring substituents is 1. The lowest BCUT2D eigenvalue weighted by atomic mass is 10.1. The number of hydrogen-bond acceptors (Lipinski definition) is 3. The van der Waals surface area contributed by atoms with Crippen molar-refractivity contribution in [1.29, 1.82) is 0 Å². The SMILES string of the molecule is Cc1cc(F)ccc1NC(C)c1cccc([N+](=O)[O-])c1. The summed E-state index contributed by atoms with van der Waals surface area (Å²) in [6, 6.07) is 10.9. The van der Waals surface area contributed by atoms with Crippen LogP contribution in [-0.2, 0) is 0 Å². The summed E-state index contributed by atoms with van der Waals surface area (Å²) in [4.78, 5) is 10.4. The van der Waals surface area contributed by atoms with Crippen LogP contribution in [-0.4, -0.2) is 4.92 Å². The van der Waals surface area contributed by atoms with Crippen LogP contribution in [0.15, 0.2) is 42.5 Å². The lowest BCUT2D eigenvalue weighted by Crippen LogP contribution is -2.08. The van der Waals surface area contributed by atoms with Crippen molar-refractivity contribution in [3.63, 3.8) is 0 Å². The molecule has 5 heteroatoms. The standard InChI is InChI=1S/C15H15FN2O2/c1-10-8-13(16)6-7-15(10)17-11(2)12-4-3-5-14(9-12)18(19)20/h3-9,11,17H,1-2H3. The van der Waals surface area contributed by atoms with Crippen LogP contribution in [0, 0.1) is 22.9 Å². The number of aryl methyl sites for hydroxylation is 1. The van der Waals surface area contributed by atoms with Gasteiger partial charge in [-0.15, -0.1) is 0 Å². The summed E-state index contributed by atoms with van der Waals surface area (Å²) in [7, 11) is 0. The average molecular weight is 274 g/mol. The molecule has 2 aromatic carbocycles. The van der Waals surface area contributed by atoms with Crippen molar-refractivity contribution < 1.29 is 9.31 Å². The third-order valence-corrected chi connectivity index (χ3v) is 3.14. The van der Waals surface area contributed by atoms with Gasteiger partial charge in [-0.25, -0.2) is 4.39 Å². The van der Waals surface area contributed by atoms with Crippen molar-refractivity contribution in [1.82, 2.24) is 0 Å². The zero-order valence-electron chi connectivity index (χ0n) is 11.3. The fourth-order valence-electron chi connectivity index (χ4n) is 2.01. The van der Waals surface area contributed by atoms with E-state index >= 15 is 0 Å². The lowest BCUT2D eigenvalue weighted by molar-refractivity contribution is -0.384. The molecule has 104 valence electrons. The van der Waals surface area contributed by atoms with Gasteiger partial charge in [-0.05, 0) is 43.2 Å². The number of benzene rings is 2. The minimum Gasteiger partial charge on any atom is -0.378 e. The Morgan fingerprint density at radius 3 is 2.65 bits per heavy atom. The lowest BCUT2D eigenvalue weighted by Gasteiger charge is -2.17. The Morgan fingerprint density at radius 1 is 1.25 bits per heavy atom. The van der Waals surface area contributed by atoms with Gasteiger partial charge in [0.1, 0.15) is 5.82 Å². The van der Waals surface area contributed by atoms with E-state index in [1.54, 1.807) is 12.1 Å². The Labute approximate surface area is 116 Å². The summed E-state index contributed by atoms with van der Waals surface area (Å²) in [5, 5.41) is 14.0. The minimum atomic E-state index is -0.417. The van der Waals surface area contributed by atoms with Crippen LogP contribution in [0.4, 0.5) is 15.8 Å². The smallest absolute Gasteiger partial charge is 0.269 e. The van der Waals surface area contributed by atoms with Crippen LogP contribution >= 0.6 is 0 Å². The molecule has 0 saturated carbocycles. The van der Waals surface area contributed by atoms with Crippen LogP contribution in [0.2, 0.25) is 0 Å². The number of halogens is 1. The second-order valence-corrected chi connectivity index (χ2v) is 4.68. The van der Waals surface area contributed by atoms with E-state index in [1.165, 1.54) is 24.3 Å². The number of rotatable bonds is 4. The molecule has 0 heterocycles. The number of anilines is 1. The molecular weight excluding hydrogens is 259 g/mol. The number of nitrogens with zero attached hydrogens (tertiary/aromatic N) is 1. The van der Waals surface area contributed by atoms with Gasteiger partial charge in [-0.3, -0.25) is 10.1 Å². The fraction of sp³-hybridized carbons (Fsp3) is 0.200. The molecule has 0 fully saturated rings. The quantitative estimate of drug-likeness (QED) is 0.671. The van der Waals surface area contributed by atoms with Crippen LogP contribution < -0.4 is 5.32 Å². The number of nitrogens with one attached hydrogen (secondary N) is 1. The van der Waals surface area contributed by atoms with Crippen molar-refractivity contribution in [3.05, 3.63) is 69.5 Å². The van der Waals surface area contributed by atoms with Gasteiger partial charge in [0.05, 0.1) is 4.92 Å². The molecule has 4 nitrogen and oxygen atoms in total. The molecule has 20 heavy (non-hydrogen) atoms. The summed E-state index contributed by atoms with van der Waals surface area (Å²) in [6.45, 7) is 3.72. The summed E-state index contributed by atoms with van der Waals surface area (Å²) in [5.41, 5.74) is 2.47. The van der Waals surface area contributed by atoms with Crippen LogP contribution in [0.5, 0.6) is 0 Å². The van der Waals surface area contributed by atoms with E-state index < -0.39 is 4.92 Å². The van der Waals surface area contributed by atoms with Gasteiger partial charge in [0.15, 0.2) is 0 Å². The van der Waals surface area contributed by atoms with Gasteiger partial charge in [0.2, 0.25) is 0 Å². The number of nitro groups is 1. The first-order valence-corrected chi connectivity index (χ1v) is 6.24. The second-order valence-electron chi connectivity index (χ2n) is 4.68. The molecule has 0 saturated heterocycles. The van der Waals surface area contributed by atoms with E-state index in [9.17, 15) is 14.5 Å². The highest BCUT2D eigenvalue weighted by molar-refractivity contribution is 5.52. The van der Waals surface area contributed by atoms with Crippen molar-refractivity contribution in [2.75, 3.05) is 5.32 Å². The molecule has 0 aromatic heterocycles. The summed E-state index contributed by atoms with van der Waals surface area (Å²) < 4.78 is 13.0. The number of hydrogen-bond donors (Lipinski definition) is 1. The largest absolute Gasteiger partial charge is 0.378 e. The van der Waals surface area contributed by atoms with E-state index in [-0.39, 0.29) is 17.5 Å². The Bertz CT molecular complexity index is 644. The van der Waals surface area contributed by atoms with Gasteiger partial charge in [-0.1, -0.05) is 12.1 Å². The van der Waals surface area contributed by atoms with E-state index in [2.05, 4.69) is 5.32 Å². The van der Waals surface area contributed by atoms with E-state index in [4.69, 9.17) is 0 Å². The molecule has 2 aromatic rings. The molecule has 0 radical (unpaired) electrons. The van der Waals surface area contributed by atoms with Gasteiger partial charge >= 0.3 is 0 Å². The molecule has 1 unspecified atom stereocenters. The van der Waals surface area contributed by atoms with Gasteiger partial charge in [0, 0.05) is 23.9 Å². The maximum Gasteiger partial charge on any atom is 0.269 e. The van der Waals surface area contributed by atoms with E-state index in [0.717, 1.165) is 16.8 Å². The normalized spacial score (nSPS) is 11.9. The van der Waals surface area contributed by atoms with Crippen LogP contribution in [0.3, 0.4) is 0 Å². The molecule has 0 spiro atoms. The van der Waals surface area contributed by atoms with Crippen molar-refractivity contribution in [2.45, 2.75) is 19.9 Å². The van der Waals surface area contributed by atoms with E-state index in [1.807, 2.05) is 19.9 Å². The van der Waals surface area contributed by atoms with E-state index in [0.29, 0.717) is 0 Å². The Balaban J connectivity index is 2.21. The first kappa shape index (κ1) is 14.0. The Kier molecular flexibility index (Phi) is 3.98. The third kappa shape index (κ3) is 3.12. The predicted molar refractivity (Wildman–Crippen MR) is 76.3 cm³/mol. The minimum absolute atomic E-state index is 0.0620. The summed E-state index contributed by atoms with van der Waals surface area (Å²) in [5.74, 6) is -0.281. The van der Waals surface area contributed by atoms with Crippen LogP contribution in [0.25, 0.3) is 0 Å².